The minimum absolute atomic E-state index is 0.224. The number of halogens is 1. The van der Waals surface area contributed by atoms with E-state index in [2.05, 4.69) is 0 Å². The van der Waals surface area contributed by atoms with E-state index in [0.717, 1.165) is 16.7 Å². The van der Waals surface area contributed by atoms with Crippen molar-refractivity contribution in [2.24, 2.45) is 0 Å². The second-order valence-electron chi connectivity index (χ2n) is 6.04. The van der Waals surface area contributed by atoms with Gasteiger partial charge in [-0.2, -0.15) is 4.31 Å². The van der Waals surface area contributed by atoms with Crippen molar-refractivity contribution in [1.82, 2.24) is 4.31 Å². The SMILES string of the molecule is Cc1ccc(C)c(S(=O)(=O)N2CCOC(c3ccc(F)cc3)C2)c1. The van der Waals surface area contributed by atoms with Crippen LogP contribution in [0.3, 0.4) is 0 Å². The van der Waals surface area contributed by atoms with E-state index in [1.165, 1.54) is 16.4 Å². The van der Waals surface area contributed by atoms with Gasteiger partial charge in [-0.1, -0.05) is 24.3 Å². The summed E-state index contributed by atoms with van der Waals surface area (Å²) in [6.07, 6.45) is -0.390. The number of nitrogens with zero attached hydrogens (tertiary/aromatic N) is 1. The average molecular weight is 349 g/mol. The summed E-state index contributed by atoms with van der Waals surface area (Å²) in [6, 6.07) is 11.4. The predicted octanol–water partition coefficient (Wildman–Crippen LogP) is 3.20. The molecule has 0 amide bonds. The molecule has 3 rings (SSSR count). The van der Waals surface area contributed by atoms with E-state index < -0.39 is 10.0 Å². The largest absolute Gasteiger partial charge is 0.371 e. The molecule has 1 atom stereocenters. The zero-order valence-electron chi connectivity index (χ0n) is 13.7. The standard InChI is InChI=1S/C18H20FNO3S/c1-13-3-4-14(2)18(11-13)24(21,22)20-9-10-23-17(12-20)15-5-7-16(19)8-6-15/h3-8,11,17H,9-10,12H2,1-2H3. The lowest BCUT2D eigenvalue weighted by Crippen LogP contribution is -2.42. The van der Waals surface area contributed by atoms with E-state index in [1.807, 2.05) is 19.1 Å². The van der Waals surface area contributed by atoms with Gasteiger partial charge in [0.2, 0.25) is 10.0 Å². The first-order valence-corrected chi connectivity index (χ1v) is 9.26. The molecule has 1 saturated heterocycles. The Kier molecular flexibility index (Phi) is 4.71. The van der Waals surface area contributed by atoms with Crippen LogP contribution in [-0.4, -0.2) is 32.4 Å². The lowest BCUT2D eigenvalue weighted by atomic mass is 10.1. The highest BCUT2D eigenvalue weighted by Gasteiger charge is 2.32. The molecule has 6 heteroatoms. The van der Waals surface area contributed by atoms with Crippen LogP contribution in [0.2, 0.25) is 0 Å². The Labute approximate surface area is 141 Å². The quantitative estimate of drug-likeness (QED) is 0.855. The van der Waals surface area contributed by atoms with E-state index in [-0.39, 0.29) is 18.5 Å². The van der Waals surface area contributed by atoms with Crippen LogP contribution in [0.4, 0.5) is 4.39 Å². The van der Waals surface area contributed by atoms with Gasteiger partial charge in [0.05, 0.1) is 17.6 Å². The Morgan fingerprint density at radius 1 is 1.12 bits per heavy atom. The highest BCUT2D eigenvalue weighted by Crippen LogP contribution is 2.28. The molecule has 0 N–H and O–H groups in total. The number of aryl methyl sites for hydroxylation is 2. The minimum Gasteiger partial charge on any atom is -0.371 e. The maximum Gasteiger partial charge on any atom is 0.243 e. The molecule has 2 aromatic carbocycles. The smallest absolute Gasteiger partial charge is 0.243 e. The summed E-state index contributed by atoms with van der Waals surface area (Å²) in [5.41, 5.74) is 2.41. The summed E-state index contributed by atoms with van der Waals surface area (Å²) < 4.78 is 46.2. The van der Waals surface area contributed by atoms with Crippen LogP contribution < -0.4 is 0 Å². The fraction of sp³-hybridized carbons (Fsp3) is 0.333. The van der Waals surface area contributed by atoms with E-state index >= 15 is 0 Å². The average Bonchev–Trinajstić information content (AvgIpc) is 2.58. The second kappa shape index (κ2) is 6.63. The van der Waals surface area contributed by atoms with Gasteiger partial charge in [0.15, 0.2) is 0 Å². The van der Waals surface area contributed by atoms with E-state index in [4.69, 9.17) is 4.74 Å². The molecule has 0 radical (unpaired) electrons. The summed E-state index contributed by atoms with van der Waals surface area (Å²) in [5.74, 6) is -0.325. The minimum atomic E-state index is -3.59. The first-order chi connectivity index (χ1) is 11.4. The maximum atomic E-state index is 13.1. The van der Waals surface area contributed by atoms with E-state index in [1.54, 1.807) is 25.1 Å². The number of benzene rings is 2. The third kappa shape index (κ3) is 3.36. The lowest BCUT2D eigenvalue weighted by Gasteiger charge is -2.32. The monoisotopic (exact) mass is 349 g/mol. The number of sulfonamides is 1. The molecule has 1 aliphatic rings. The zero-order chi connectivity index (χ0) is 17.3. The number of hydrogen-bond donors (Lipinski definition) is 0. The Morgan fingerprint density at radius 3 is 2.54 bits per heavy atom. The Morgan fingerprint density at radius 2 is 1.83 bits per heavy atom. The Balaban J connectivity index is 1.88. The van der Waals surface area contributed by atoms with Gasteiger partial charge in [-0.3, -0.25) is 0 Å². The molecule has 1 heterocycles. The topological polar surface area (TPSA) is 46.6 Å². The maximum absolute atomic E-state index is 13.1. The van der Waals surface area contributed by atoms with Gasteiger partial charge in [0, 0.05) is 13.1 Å². The van der Waals surface area contributed by atoms with E-state index in [9.17, 15) is 12.8 Å². The normalized spacial score (nSPS) is 19.4. The molecule has 24 heavy (non-hydrogen) atoms. The van der Waals surface area contributed by atoms with Crippen molar-refractivity contribution in [2.75, 3.05) is 19.7 Å². The number of ether oxygens (including phenoxy) is 1. The molecule has 0 saturated carbocycles. The molecule has 2 aromatic rings. The fourth-order valence-corrected chi connectivity index (χ4v) is 4.58. The van der Waals surface area contributed by atoms with E-state index in [0.29, 0.717) is 18.0 Å². The van der Waals surface area contributed by atoms with Crippen molar-refractivity contribution in [1.29, 1.82) is 0 Å². The van der Waals surface area contributed by atoms with Gasteiger partial charge in [-0.15, -0.1) is 0 Å². The van der Waals surface area contributed by atoms with Gasteiger partial charge in [-0.25, -0.2) is 12.8 Å². The van der Waals surface area contributed by atoms with Gasteiger partial charge >= 0.3 is 0 Å². The summed E-state index contributed by atoms with van der Waals surface area (Å²) in [6.45, 7) is 4.52. The summed E-state index contributed by atoms with van der Waals surface area (Å²) in [4.78, 5) is 0.335. The second-order valence-corrected chi connectivity index (χ2v) is 7.95. The van der Waals surface area contributed by atoms with Crippen molar-refractivity contribution in [3.63, 3.8) is 0 Å². The van der Waals surface area contributed by atoms with Crippen LogP contribution in [0.1, 0.15) is 22.8 Å². The van der Waals surface area contributed by atoms with Gasteiger partial charge in [0.1, 0.15) is 5.82 Å². The number of rotatable bonds is 3. The molecule has 4 nitrogen and oxygen atoms in total. The molecular formula is C18H20FNO3S. The van der Waals surface area contributed by atoms with Gasteiger partial charge in [0.25, 0.3) is 0 Å². The summed E-state index contributed by atoms with van der Waals surface area (Å²) in [5, 5.41) is 0. The van der Waals surface area contributed by atoms with Crippen molar-refractivity contribution in [2.45, 2.75) is 24.8 Å². The van der Waals surface area contributed by atoms with Crippen LogP contribution in [-0.2, 0) is 14.8 Å². The van der Waals surface area contributed by atoms with Gasteiger partial charge in [-0.05, 0) is 48.7 Å². The van der Waals surface area contributed by atoms with Crippen molar-refractivity contribution in [3.05, 3.63) is 65.0 Å². The van der Waals surface area contributed by atoms with Crippen LogP contribution in [0.25, 0.3) is 0 Å². The zero-order valence-corrected chi connectivity index (χ0v) is 14.5. The highest BCUT2D eigenvalue weighted by molar-refractivity contribution is 7.89. The van der Waals surface area contributed by atoms with Crippen molar-refractivity contribution < 1.29 is 17.5 Å². The Bertz CT molecular complexity index is 834. The molecule has 1 unspecified atom stereocenters. The van der Waals surface area contributed by atoms with Crippen LogP contribution in [0, 0.1) is 19.7 Å². The molecule has 0 spiro atoms. The predicted molar refractivity (Wildman–Crippen MR) is 89.8 cm³/mol. The summed E-state index contributed by atoms with van der Waals surface area (Å²) in [7, 11) is -3.59. The third-order valence-electron chi connectivity index (χ3n) is 4.23. The number of morpholine rings is 1. The molecule has 1 fully saturated rings. The molecule has 0 bridgehead atoms. The first-order valence-electron chi connectivity index (χ1n) is 7.82. The van der Waals surface area contributed by atoms with Gasteiger partial charge < -0.3 is 4.74 Å². The molecule has 0 aromatic heterocycles. The van der Waals surface area contributed by atoms with Crippen molar-refractivity contribution in [3.8, 4) is 0 Å². The third-order valence-corrected chi connectivity index (χ3v) is 6.24. The van der Waals surface area contributed by atoms with Crippen molar-refractivity contribution >= 4 is 10.0 Å². The van der Waals surface area contributed by atoms with Crippen LogP contribution in [0.5, 0.6) is 0 Å². The van der Waals surface area contributed by atoms with Crippen LogP contribution >= 0.6 is 0 Å². The molecular weight excluding hydrogens is 329 g/mol. The van der Waals surface area contributed by atoms with Crippen LogP contribution in [0.15, 0.2) is 47.4 Å². The fourth-order valence-electron chi connectivity index (χ4n) is 2.85. The molecule has 128 valence electrons. The summed E-state index contributed by atoms with van der Waals surface area (Å²) >= 11 is 0. The Hall–Kier alpha value is -1.76. The lowest BCUT2D eigenvalue weighted by molar-refractivity contribution is -0.00259. The highest BCUT2D eigenvalue weighted by atomic mass is 32.2. The number of hydrogen-bond acceptors (Lipinski definition) is 3. The molecule has 0 aliphatic carbocycles. The first kappa shape index (κ1) is 17.1. The molecule has 1 aliphatic heterocycles.